The van der Waals surface area contributed by atoms with E-state index in [9.17, 15) is 13.2 Å². The SMILES string of the molecule is FC(F)(F)CN1CCN(c2ncnc3sc4c(c23)CCCCC4)CC1. The minimum Gasteiger partial charge on any atom is -0.353 e. The minimum absolute atomic E-state index is 0.414. The molecule has 1 aliphatic heterocycles. The number of aromatic nitrogens is 2. The van der Waals surface area contributed by atoms with Gasteiger partial charge in [0, 0.05) is 31.1 Å². The number of piperazine rings is 1. The lowest BCUT2D eigenvalue weighted by molar-refractivity contribution is -0.146. The summed E-state index contributed by atoms with van der Waals surface area (Å²) < 4.78 is 37.7. The van der Waals surface area contributed by atoms with Crippen molar-refractivity contribution in [1.29, 1.82) is 0 Å². The largest absolute Gasteiger partial charge is 0.401 e. The van der Waals surface area contributed by atoms with Gasteiger partial charge in [0.1, 0.15) is 17.0 Å². The molecule has 0 radical (unpaired) electrons. The van der Waals surface area contributed by atoms with E-state index in [0.29, 0.717) is 26.2 Å². The van der Waals surface area contributed by atoms with Crippen LogP contribution in [0.5, 0.6) is 0 Å². The van der Waals surface area contributed by atoms with Crippen LogP contribution in [-0.2, 0) is 12.8 Å². The average Bonchev–Trinajstić information content (AvgIpc) is 2.76. The molecule has 136 valence electrons. The number of rotatable bonds is 2. The average molecular weight is 370 g/mol. The molecule has 0 amide bonds. The second-order valence-corrected chi connectivity index (χ2v) is 7.90. The van der Waals surface area contributed by atoms with E-state index < -0.39 is 12.7 Å². The van der Waals surface area contributed by atoms with Gasteiger partial charge in [0.05, 0.1) is 11.9 Å². The van der Waals surface area contributed by atoms with Gasteiger partial charge in [-0.15, -0.1) is 11.3 Å². The molecule has 2 aliphatic rings. The molecule has 0 N–H and O–H groups in total. The lowest BCUT2D eigenvalue weighted by Crippen LogP contribution is -2.49. The fraction of sp³-hybridized carbons (Fsp3) is 0.647. The molecule has 2 aromatic heterocycles. The lowest BCUT2D eigenvalue weighted by atomic mass is 10.1. The summed E-state index contributed by atoms with van der Waals surface area (Å²) in [6, 6.07) is 0. The van der Waals surface area contributed by atoms with E-state index >= 15 is 0 Å². The van der Waals surface area contributed by atoms with Crippen LogP contribution in [0.3, 0.4) is 0 Å². The van der Waals surface area contributed by atoms with Crippen LogP contribution in [-0.4, -0.2) is 53.8 Å². The molecule has 0 atom stereocenters. The summed E-state index contributed by atoms with van der Waals surface area (Å²) in [6.45, 7) is 1.15. The predicted octanol–water partition coefficient (Wildman–Crippen LogP) is 3.64. The first-order valence-corrected chi connectivity index (χ1v) is 9.62. The highest BCUT2D eigenvalue weighted by Gasteiger charge is 2.33. The molecule has 0 bridgehead atoms. The zero-order valence-corrected chi connectivity index (χ0v) is 14.8. The number of fused-ring (bicyclic) bond motifs is 3. The van der Waals surface area contributed by atoms with Crippen molar-refractivity contribution in [3.05, 3.63) is 16.8 Å². The molecule has 0 unspecified atom stereocenters. The zero-order valence-electron chi connectivity index (χ0n) is 14.0. The highest BCUT2D eigenvalue weighted by molar-refractivity contribution is 7.18. The Morgan fingerprint density at radius 1 is 1.00 bits per heavy atom. The number of aryl methyl sites for hydroxylation is 2. The maximum atomic E-state index is 12.6. The Balaban J connectivity index is 1.59. The molecule has 25 heavy (non-hydrogen) atoms. The second kappa shape index (κ2) is 6.72. The van der Waals surface area contributed by atoms with Crippen LogP contribution in [0.15, 0.2) is 6.33 Å². The molecule has 1 aliphatic carbocycles. The Morgan fingerprint density at radius 2 is 1.76 bits per heavy atom. The molecule has 1 saturated heterocycles. The standard InChI is InChI=1S/C17H21F3N4S/c18-17(19,20)10-23-6-8-24(9-7-23)15-14-12-4-2-1-3-5-13(12)25-16(14)22-11-21-15/h11H,1-10H2. The smallest absolute Gasteiger partial charge is 0.353 e. The van der Waals surface area contributed by atoms with Gasteiger partial charge in [-0.3, -0.25) is 4.90 Å². The van der Waals surface area contributed by atoms with Gasteiger partial charge >= 0.3 is 6.18 Å². The molecule has 0 aromatic carbocycles. The molecule has 0 spiro atoms. The first-order valence-electron chi connectivity index (χ1n) is 8.80. The van der Waals surface area contributed by atoms with E-state index in [4.69, 9.17) is 0 Å². The number of anilines is 1. The molecule has 0 saturated carbocycles. The van der Waals surface area contributed by atoms with Gasteiger partial charge in [-0.05, 0) is 31.2 Å². The molecule has 3 heterocycles. The highest BCUT2D eigenvalue weighted by Crippen LogP contribution is 2.38. The fourth-order valence-corrected chi connectivity index (χ4v) is 5.08. The van der Waals surface area contributed by atoms with Crippen LogP contribution < -0.4 is 4.90 Å². The van der Waals surface area contributed by atoms with E-state index in [1.807, 2.05) is 0 Å². The van der Waals surface area contributed by atoms with Gasteiger partial charge in [-0.2, -0.15) is 13.2 Å². The Bertz CT molecular complexity index is 750. The molecule has 1 fully saturated rings. The van der Waals surface area contributed by atoms with Gasteiger partial charge in [-0.1, -0.05) is 6.42 Å². The summed E-state index contributed by atoms with van der Waals surface area (Å²) in [7, 11) is 0. The maximum absolute atomic E-state index is 12.6. The van der Waals surface area contributed by atoms with Crippen LogP contribution >= 0.6 is 11.3 Å². The van der Waals surface area contributed by atoms with E-state index in [1.54, 1.807) is 17.7 Å². The summed E-state index contributed by atoms with van der Waals surface area (Å²) in [5.41, 5.74) is 1.38. The van der Waals surface area contributed by atoms with Crippen molar-refractivity contribution < 1.29 is 13.2 Å². The van der Waals surface area contributed by atoms with Crippen LogP contribution in [0, 0.1) is 0 Å². The Labute approximate surface area is 148 Å². The predicted molar refractivity (Wildman–Crippen MR) is 93.4 cm³/mol. The molecule has 4 rings (SSSR count). The van der Waals surface area contributed by atoms with Crippen molar-refractivity contribution in [2.75, 3.05) is 37.6 Å². The zero-order chi connectivity index (χ0) is 17.4. The van der Waals surface area contributed by atoms with Crippen molar-refractivity contribution in [2.45, 2.75) is 38.3 Å². The Kier molecular flexibility index (Phi) is 4.58. The fourth-order valence-electron chi connectivity index (χ4n) is 3.86. The number of hydrogen-bond acceptors (Lipinski definition) is 5. The highest BCUT2D eigenvalue weighted by atomic mass is 32.1. The number of thiophene rings is 1. The number of halogens is 3. The van der Waals surface area contributed by atoms with Crippen molar-refractivity contribution in [2.24, 2.45) is 0 Å². The van der Waals surface area contributed by atoms with Crippen LogP contribution in [0.4, 0.5) is 19.0 Å². The monoisotopic (exact) mass is 370 g/mol. The van der Waals surface area contributed by atoms with Gasteiger partial charge in [0.15, 0.2) is 0 Å². The number of alkyl halides is 3. The first kappa shape index (κ1) is 17.0. The van der Waals surface area contributed by atoms with E-state index in [-0.39, 0.29) is 0 Å². The Morgan fingerprint density at radius 3 is 2.52 bits per heavy atom. The topological polar surface area (TPSA) is 32.3 Å². The third-order valence-corrected chi connectivity index (χ3v) is 6.26. The summed E-state index contributed by atoms with van der Waals surface area (Å²) in [4.78, 5) is 15.0. The number of hydrogen-bond donors (Lipinski definition) is 0. The van der Waals surface area contributed by atoms with Crippen molar-refractivity contribution in [1.82, 2.24) is 14.9 Å². The lowest BCUT2D eigenvalue weighted by Gasteiger charge is -2.35. The number of nitrogens with zero attached hydrogens (tertiary/aromatic N) is 4. The molecule has 4 nitrogen and oxygen atoms in total. The molecular weight excluding hydrogens is 349 g/mol. The summed E-state index contributed by atoms with van der Waals surface area (Å²) in [5, 5.41) is 1.15. The summed E-state index contributed by atoms with van der Waals surface area (Å²) >= 11 is 1.76. The van der Waals surface area contributed by atoms with E-state index in [2.05, 4.69) is 14.9 Å². The maximum Gasteiger partial charge on any atom is 0.401 e. The minimum atomic E-state index is -4.13. The van der Waals surface area contributed by atoms with Gasteiger partial charge in [-0.25, -0.2) is 9.97 Å². The quantitative estimate of drug-likeness (QED) is 0.756. The second-order valence-electron chi connectivity index (χ2n) is 6.82. The van der Waals surface area contributed by atoms with Crippen molar-refractivity contribution >= 4 is 27.4 Å². The summed E-state index contributed by atoms with van der Waals surface area (Å²) in [6.07, 6.45) is 3.29. The molecular formula is C17H21F3N4S. The normalized spacial score (nSPS) is 19.9. The summed E-state index contributed by atoms with van der Waals surface area (Å²) in [5.74, 6) is 0.913. The van der Waals surface area contributed by atoms with Crippen molar-refractivity contribution in [3.8, 4) is 0 Å². The Hall–Kier alpha value is -1.41. The van der Waals surface area contributed by atoms with Gasteiger partial charge < -0.3 is 4.90 Å². The van der Waals surface area contributed by atoms with Gasteiger partial charge in [0.25, 0.3) is 0 Å². The van der Waals surface area contributed by atoms with E-state index in [0.717, 1.165) is 28.9 Å². The van der Waals surface area contributed by atoms with Crippen LogP contribution in [0.25, 0.3) is 10.2 Å². The third kappa shape index (κ3) is 3.60. The van der Waals surface area contributed by atoms with E-state index in [1.165, 1.54) is 34.6 Å². The van der Waals surface area contributed by atoms with Crippen molar-refractivity contribution in [3.63, 3.8) is 0 Å². The molecule has 8 heteroatoms. The van der Waals surface area contributed by atoms with Gasteiger partial charge in [0.2, 0.25) is 0 Å². The first-order chi connectivity index (χ1) is 12.0. The van der Waals surface area contributed by atoms with Crippen LogP contribution in [0.2, 0.25) is 0 Å². The molecule has 2 aromatic rings. The van der Waals surface area contributed by atoms with Crippen LogP contribution in [0.1, 0.15) is 29.7 Å². The third-order valence-electron chi connectivity index (χ3n) is 5.06.